The van der Waals surface area contributed by atoms with Crippen LogP contribution < -0.4 is 0 Å². The Labute approximate surface area is 129 Å². The minimum atomic E-state index is 0.346. The second-order valence-corrected chi connectivity index (χ2v) is 6.30. The zero-order chi connectivity index (χ0) is 14.9. The summed E-state index contributed by atoms with van der Waals surface area (Å²) in [6.07, 6.45) is 5.43. The molecule has 0 radical (unpaired) electrons. The molecule has 22 heavy (non-hydrogen) atoms. The van der Waals surface area contributed by atoms with E-state index in [1.165, 1.54) is 12.8 Å². The Balaban J connectivity index is 1.40. The fraction of sp³-hybridized carbons (Fsp3) is 0.733. The Kier molecular flexibility index (Phi) is 3.65. The summed E-state index contributed by atoms with van der Waals surface area (Å²) in [5.74, 6) is 4.04. The third-order valence-electron chi connectivity index (χ3n) is 4.44. The minimum Gasteiger partial charge on any atom is -0.339 e. The van der Waals surface area contributed by atoms with Crippen molar-refractivity contribution in [3.8, 4) is 0 Å². The van der Waals surface area contributed by atoms with Crippen LogP contribution >= 0.6 is 0 Å². The number of hydrogen-bond donors (Lipinski definition) is 0. The van der Waals surface area contributed by atoms with E-state index in [0.717, 1.165) is 49.9 Å². The fourth-order valence-electron chi connectivity index (χ4n) is 3.01. The second kappa shape index (κ2) is 5.79. The van der Waals surface area contributed by atoms with Crippen LogP contribution in [0.15, 0.2) is 9.05 Å². The van der Waals surface area contributed by atoms with Crippen LogP contribution in [0.5, 0.6) is 0 Å². The average molecular weight is 303 g/mol. The topological polar surface area (TPSA) is 81.1 Å². The van der Waals surface area contributed by atoms with Gasteiger partial charge in [0, 0.05) is 24.8 Å². The lowest BCUT2D eigenvalue weighted by Crippen LogP contribution is -2.34. The van der Waals surface area contributed by atoms with Crippen LogP contribution in [0.2, 0.25) is 0 Å². The number of piperidine rings is 1. The zero-order valence-electron chi connectivity index (χ0n) is 12.9. The SMILES string of the molecule is CCc1noc(CN2CCC[C@@H](c3noc(C4CC4)n3)C2)n1. The van der Waals surface area contributed by atoms with Crippen molar-refractivity contribution in [3.63, 3.8) is 0 Å². The standard InChI is InChI=1S/C15H21N5O2/c1-2-12-16-13(21-18-12)9-20-7-3-4-11(8-20)14-17-15(22-19-14)10-5-6-10/h10-11H,2-9H2,1H3/t11-/m1/s1. The maximum absolute atomic E-state index is 5.39. The molecule has 0 N–H and O–H groups in total. The molecule has 4 rings (SSSR count). The van der Waals surface area contributed by atoms with Gasteiger partial charge < -0.3 is 9.05 Å². The average Bonchev–Trinajstić information content (AvgIpc) is 3.10. The van der Waals surface area contributed by atoms with Gasteiger partial charge in [0.2, 0.25) is 11.8 Å². The van der Waals surface area contributed by atoms with Crippen LogP contribution in [-0.2, 0) is 13.0 Å². The molecule has 1 saturated heterocycles. The third-order valence-corrected chi connectivity index (χ3v) is 4.44. The summed E-state index contributed by atoms with van der Waals surface area (Å²) < 4.78 is 10.7. The van der Waals surface area contributed by atoms with Crippen LogP contribution in [0.3, 0.4) is 0 Å². The molecule has 7 nitrogen and oxygen atoms in total. The molecule has 1 saturated carbocycles. The van der Waals surface area contributed by atoms with E-state index in [4.69, 9.17) is 9.05 Å². The predicted molar refractivity (Wildman–Crippen MR) is 77.2 cm³/mol. The maximum Gasteiger partial charge on any atom is 0.240 e. The van der Waals surface area contributed by atoms with Crippen LogP contribution in [-0.4, -0.2) is 38.3 Å². The van der Waals surface area contributed by atoms with Gasteiger partial charge in [0.25, 0.3) is 0 Å². The highest BCUT2D eigenvalue weighted by molar-refractivity contribution is 5.05. The van der Waals surface area contributed by atoms with E-state index in [9.17, 15) is 0 Å². The number of hydrogen-bond acceptors (Lipinski definition) is 7. The first kappa shape index (κ1) is 13.9. The Morgan fingerprint density at radius 1 is 1.09 bits per heavy atom. The molecule has 7 heteroatoms. The van der Waals surface area contributed by atoms with Gasteiger partial charge in [0.1, 0.15) is 0 Å². The van der Waals surface area contributed by atoms with Crippen molar-refractivity contribution in [2.45, 2.75) is 57.4 Å². The van der Waals surface area contributed by atoms with Crippen molar-refractivity contribution < 1.29 is 9.05 Å². The Hall–Kier alpha value is -1.76. The van der Waals surface area contributed by atoms with Crippen LogP contribution in [0.25, 0.3) is 0 Å². The van der Waals surface area contributed by atoms with Crippen LogP contribution in [0, 0.1) is 0 Å². The highest BCUT2D eigenvalue weighted by atomic mass is 16.5. The number of likely N-dealkylation sites (tertiary alicyclic amines) is 1. The molecule has 2 fully saturated rings. The Bertz CT molecular complexity index is 633. The molecule has 1 atom stereocenters. The van der Waals surface area contributed by atoms with Gasteiger partial charge in [-0.3, -0.25) is 4.90 Å². The number of aryl methyl sites for hydroxylation is 1. The Morgan fingerprint density at radius 3 is 2.77 bits per heavy atom. The molecule has 2 aliphatic rings. The summed E-state index contributed by atoms with van der Waals surface area (Å²) in [5, 5.41) is 8.15. The van der Waals surface area contributed by atoms with Crippen LogP contribution in [0.1, 0.15) is 67.9 Å². The summed E-state index contributed by atoms with van der Waals surface area (Å²) in [7, 11) is 0. The van der Waals surface area contributed by atoms with E-state index < -0.39 is 0 Å². The number of rotatable bonds is 5. The summed E-state index contributed by atoms with van der Waals surface area (Å²) >= 11 is 0. The van der Waals surface area contributed by atoms with Gasteiger partial charge in [-0.1, -0.05) is 17.2 Å². The molecular weight excluding hydrogens is 282 g/mol. The molecule has 1 aliphatic carbocycles. The molecular formula is C15H21N5O2. The van der Waals surface area contributed by atoms with Crippen molar-refractivity contribution >= 4 is 0 Å². The lowest BCUT2D eigenvalue weighted by molar-refractivity contribution is 0.173. The molecule has 2 aromatic heterocycles. The van der Waals surface area contributed by atoms with Gasteiger partial charge >= 0.3 is 0 Å². The molecule has 1 aliphatic heterocycles. The molecule has 0 bridgehead atoms. The van der Waals surface area contributed by atoms with E-state index in [0.29, 0.717) is 24.3 Å². The lowest BCUT2D eigenvalue weighted by atomic mass is 9.97. The molecule has 2 aromatic rings. The second-order valence-electron chi connectivity index (χ2n) is 6.30. The summed E-state index contributed by atoms with van der Waals surface area (Å²) in [6, 6.07) is 0. The molecule has 0 aromatic carbocycles. The van der Waals surface area contributed by atoms with Crippen molar-refractivity contribution in [1.82, 2.24) is 25.2 Å². The summed E-state index contributed by atoms with van der Waals surface area (Å²) in [6.45, 7) is 4.71. The van der Waals surface area contributed by atoms with Gasteiger partial charge in [0.15, 0.2) is 11.6 Å². The normalized spacial score (nSPS) is 23.0. The first-order chi connectivity index (χ1) is 10.8. The first-order valence-corrected chi connectivity index (χ1v) is 8.19. The highest BCUT2D eigenvalue weighted by Gasteiger charge is 2.32. The van der Waals surface area contributed by atoms with Gasteiger partial charge in [-0.05, 0) is 32.2 Å². The van der Waals surface area contributed by atoms with Crippen molar-refractivity contribution in [1.29, 1.82) is 0 Å². The number of aromatic nitrogens is 4. The van der Waals surface area contributed by atoms with E-state index in [-0.39, 0.29) is 0 Å². The lowest BCUT2D eigenvalue weighted by Gasteiger charge is -2.29. The monoisotopic (exact) mass is 303 g/mol. The van der Waals surface area contributed by atoms with Crippen molar-refractivity contribution in [2.75, 3.05) is 13.1 Å². The quantitative estimate of drug-likeness (QED) is 0.838. The summed E-state index contributed by atoms with van der Waals surface area (Å²) in [4.78, 5) is 11.3. The Morgan fingerprint density at radius 2 is 2.00 bits per heavy atom. The molecule has 3 heterocycles. The molecule has 0 spiro atoms. The zero-order valence-corrected chi connectivity index (χ0v) is 12.9. The largest absolute Gasteiger partial charge is 0.339 e. The van der Waals surface area contributed by atoms with Crippen molar-refractivity contribution in [3.05, 3.63) is 23.4 Å². The fourth-order valence-corrected chi connectivity index (χ4v) is 3.01. The van der Waals surface area contributed by atoms with Gasteiger partial charge in [0.05, 0.1) is 6.54 Å². The molecule has 0 unspecified atom stereocenters. The van der Waals surface area contributed by atoms with E-state index in [2.05, 4.69) is 25.2 Å². The van der Waals surface area contributed by atoms with Crippen molar-refractivity contribution in [2.24, 2.45) is 0 Å². The summed E-state index contributed by atoms with van der Waals surface area (Å²) in [5.41, 5.74) is 0. The van der Waals surface area contributed by atoms with Gasteiger partial charge in [-0.2, -0.15) is 9.97 Å². The van der Waals surface area contributed by atoms with Crippen LogP contribution in [0.4, 0.5) is 0 Å². The van der Waals surface area contributed by atoms with E-state index >= 15 is 0 Å². The number of nitrogens with zero attached hydrogens (tertiary/aromatic N) is 5. The smallest absolute Gasteiger partial charge is 0.240 e. The van der Waals surface area contributed by atoms with E-state index in [1.807, 2.05) is 6.92 Å². The maximum atomic E-state index is 5.39. The predicted octanol–water partition coefficient (Wildman–Crippen LogP) is 2.27. The minimum absolute atomic E-state index is 0.346. The first-order valence-electron chi connectivity index (χ1n) is 8.19. The van der Waals surface area contributed by atoms with Gasteiger partial charge in [-0.15, -0.1) is 0 Å². The van der Waals surface area contributed by atoms with E-state index in [1.54, 1.807) is 0 Å². The third kappa shape index (κ3) is 2.90. The molecule has 118 valence electrons. The van der Waals surface area contributed by atoms with Gasteiger partial charge in [-0.25, -0.2) is 0 Å². The molecule has 0 amide bonds. The highest BCUT2D eigenvalue weighted by Crippen LogP contribution is 2.39.